The SMILES string of the molecule is CCCCC/C=C/C/C=C/CCCCCCCCCCCC(=O)O[C@H](COC(=O)CCCCCCCCCCCCC/C=C/CCCCCCCC)COP(=O)(O)O. The lowest BCUT2D eigenvalue weighted by molar-refractivity contribution is -0.161. The van der Waals surface area contributed by atoms with Crippen molar-refractivity contribution in [2.24, 2.45) is 0 Å². The molecule has 0 heterocycles. The minimum atomic E-state index is -4.76. The van der Waals surface area contributed by atoms with E-state index in [4.69, 9.17) is 19.3 Å². The Hall–Kier alpha value is -1.73. The molecule has 340 valence electrons. The normalized spacial score (nSPS) is 12.7. The van der Waals surface area contributed by atoms with Crippen LogP contribution in [0.3, 0.4) is 0 Å². The van der Waals surface area contributed by atoms with Crippen LogP contribution in [0.1, 0.15) is 245 Å². The van der Waals surface area contributed by atoms with Gasteiger partial charge in [0.2, 0.25) is 0 Å². The number of phosphoric ester groups is 1. The van der Waals surface area contributed by atoms with Gasteiger partial charge in [0.25, 0.3) is 0 Å². The summed E-state index contributed by atoms with van der Waals surface area (Å²) in [6.07, 6.45) is 54.4. The molecule has 58 heavy (non-hydrogen) atoms. The Morgan fingerprint density at radius 1 is 0.448 bits per heavy atom. The second-order valence-corrected chi connectivity index (χ2v) is 17.7. The molecule has 2 N–H and O–H groups in total. The van der Waals surface area contributed by atoms with Crippen LogP contribution in [-0.4, -0.2) is 41.0 Å². The van der Waals surface area contributed by atoms with E-state index in [0.29, 0.717) is 6.42 Å². The fourth-order valence-electron chi connectivity index (χ4n) is 6.99. The molecule has 0 saturated heterocycles. The number of ether oxygens (including phenoxy) is 2. The molecule has 0 rings (SSSR count). The first-order valence-electron chi connectivity index (χ1n) is 24.3. The number of hydrogen-bond donors (Lipinski definition) is 2. The first-order valence-corrected chi connectivity index (χ1v) is 25.8. The van der Waals surface area contributed by atoms with Crippen LogP contribution in [0.25, 0.3) is 0 Å². The summed E-state index contributed by atoms with van der Waals surface area (Å²) in [5.41, 5.74) is 0. The minimum Gasteiger partial charge on any atom is -0.462 e. The molecule has 0 radical (unpaired) electrons. The van der Waals surface area contributed by atoms with Gasteiger partial charge in [0.1, 0.15) is 6.61 Å². The van der Waals surface area contributed by atoms with E-state index in [1.807, 2.05) is 0 Å². The highest BCUT2D eigenvalue weighted by atomic mass is 31.2. The van der Waals surface area contributed by atoms with Crippen molar-refractivity contribution in [3.8, 4) is 0 Å². The van der Waals surface area contributed by atoms with E-state index >= 15 is 0 Å². The predicted molar refractivity (Wildman–Crippen MR) is 244 cm³/mol. The number of allylic oxidation sites excluding steroid dienone is 6. The maximum atomic E-state index is 12.5. The zero-order valence-electron chi connectivity index (χ0n) is 37.7. The summed E-state index contributed by atoms with van der Waals surface area (Å²) in [5.74, 6) is -0.881. The average molecular weight is 839 g/mol. The largest absolute Gasteiger partial charge is 0.469 e. The molecule has 0 aliphatic heterocycles. The highest BCUT2D eigenvalue weighted by Gasteiger charge is 2.23. The maximum Gasteiger partial charge on any atom is 0.469 e. The Balaban J connectivity index is 3.83. The lowest BCUT2D eigenvalue weighted by atomic mass is 10.0. The van der Waals surface area contributed by atoms with Gasteiger partial charge in [0.15, 0.2) is 6.10 Å². The van der Waals surface area contributed by atoms with E-state index in [-0.39, 0.29) is 19.4 Å². The summed E-state index contributed by atoms with van der Waals surface area (Å²) in [6, 6.07) is 0. The molecule has 0 spiro atoms. The van der Waals surface area contributed by atoms with Gasteiger partial charge < -0.3 is 19.3 Å². The number of carbonyl (C=O) groups is 2. The summed E-state index contributed by atoms with van der Waals surface area (Å²) in [4.78, 5) is 43.0. The summed E-state index contributed by atoms with van der Waals surface area (Å²) in [6.45, 7) is 3.69. The van der Waals surface area contributed by atoms with Gasteiger partial charge in [-0.1, -0.05) is 198 Å². The van der Waals surface area contributed by atoms with Crippen LogP contribution in [0, 0.1) is 0 Å². The minimum absolute atomic E-state index is 0.208. The number of unbranched alkanes of at least 4 members (excludes halogenated alkanes) is 29. The molecule has 1 atom stereocenters. The number of rotatable bonds is 45. The fraction of sp³-hybridized carbons (Fsp3) is 0.837. The van der Waals surface area contributed by atoms with Crippen molar-refractivity contribution in [2.75, 3.05) is 13.2 Å². The van der Waals surface area contributed by atoms with Crippen LogP contribution in [-0.2, 0) is 28.2 Å². The van der Waals surface area contributed by atoms with Crippen molar-refractivity contribution in [1.29, 1.82) is 0 Å². The van der Waals surface area contributed by atoms with Crippen molar-refractivity contribution < 1.29 is 37.9 Å². The summed E-state index contributed by atoms with van der Waals surface area (Å²) in [7, 11) is -4.76. The molecular weight excluding hydrogens is 748 g/mol. The van der Waals surface area contributed by atoms with E-state index in [2.05, 4.69) is 54.8 Å². The molecule has 0 bridgehead atoms. The second-order valence-electron chi connectivity index (χ2n) is 16.4. The molecule has 0 amide bonds. The van der Waals surface area contributed by atoms with Gasteiger partial charge >= 0.3 is 19.8 Å². The van der Waals surface area contributed by atoms with E-state index in [0.717, 1.165) is 51.4 Å². The average Bonchev–Trinajstić information content (AvgIpc) is 3.20. The molecule has 0 aliphatic rings. The van der Waals surface area contributed by atoms with Crippen molar-refractivity contribution in [1.82, 2.24) is 0 Å². The van der Waals surface area contributed by atoms with Crippen LogP contribution in [0.2, 0.25) is 0 Å². The van der Waals surface area contributed by atoms with Crippen LogP contribution in [0.5, 0.6) is 0 Å². The van der Waals surface area contributed by atoms with Gasteiger partial charge in [0.05, 0.1) is 6.61 Å². The molecule has 0 aromatic heterocycles. The molecule has 0 saturated carbocycles. The Morgan fingerprint density at radius 3 is 1.19 bits per heavy atom. The third kappa shape index (κ3) is 47.0. The third-order valence-electron chi connectivity index (χ3n) is 10.6. The quantitative estimate of drug-likeness (QED) is 0.0269. The maximum absolute atomic E-state index is 12.5. The molecule has 0 unspecified atom stereocenters. The lowest BCUT2D eigenvalue weighted by Gasteiger charge is -2.18. The van der Waals surface area contributed by atoms with Crippen molar-refractivity contribution >= 4 is 19.8 Å². The monoisotopic (exact) mass is 839 g/mol. The molecule has 0 aromatic carbocycles. The van der Waals surface area contributed by atoms with Gasteiger partial charge in [-0.15, -0.1) is 0 Å². The highest BCUT2D eigenvalue weighted by molar-refractivity contribution is 7.46. The number of hydrogen-bond acceptors (Lipinski definition) is 6. The zero-order valence-corrected chi connectivity index (χ0v) is 38.6. The highest BCUT2D eigenvalue weighted by Crippen LogP contribution is 2.36. The Labute approximate surface area is 357 Å². The number of phosphoric acid groups is 1. The van der Waals surface area contributed by atoms with Gasteiger partial charge in [-0.2, -0.15) is 0 Å². The molecule has 9 heteroatoms. The topological polar surface area (TPSA) is 119 Å². The predicted octanol–water partition coefficient (Wildman–Crippen LogP) is 15.3. The van der Waals surface area contributed by atoms with E-state index in [1.165, 1.54) is 161 Å². The Bertz CT molecular complexity index is 1040. The van der Waals surface area contributed by atoms with Crippen LogP contribution in [0.4, 0.5) is 0 Å². The first kappa shape index (κ1) is 56.3. The molecule has 0 aliphatic carbocycles. The summed E-state index contributed by atoms with van der Waals surface area (Å²) >= 11 is 0. The van der Waals surface area contributed by atoms with Crippen molar-refractivity contribution in [3.05, 3.63) is 36.5 Å². The number of esters is 2. The molecule has 0 aromatic rings. The van der Waals surface area contributed by atoms with Gasteiger partial charge in [0, 0.05) is 12.8 Å². The summed E-state index contributed by atoms with van der Waals surface area (Å²) in [5, 5.41) is 0. The first-order chi connectivity index (χ1) is 28.3. The summed E-state index contributed by atoms with van der Waals surface area (Å²) < 4.78 is 26.5. The van der Waals surface area contributed by atoms with Gasteiger partial charge in [-0.3, -0.25) is 14.1 Å². The van der Waals surface area contributed by atoms with Gasteiger partial charge in [-0.05, 0) is 70.6 Å². The van der Waals surface area contributed by atoms with E-state index < -0.39 is 32.5 Å². The molecular formula is C49H91O8P. The fourth-order valence-corrected chi connectivity index (χ4v) is 7.35. The standard InChI is InChI=1S/C49H91O8P/c1-3-5-7-9-11-13-15-17-19-21-23-24-26-27-29-31-33-35-37-39-41-43-48(50)55-45-47(46-56-58(52,53)54)57-49(51)44-42-40-38-36-34-32-30-28-25-22-20-18-16-14-12-10-8-6-4-2/h12,14,17-20,47H,3-11,13,15-16,21-46H2,1-2H3,(H2,52,53,54)/b14-12+,19-17+,20-18+/t47-/m1/s1. The molecule has 8 nitrogen and oxygen atoms in total. The number of carbonyl (C=O) groups excluding carboxylic acids is 2. The Kier molecular flexibility index (Phi) is 43.5. The smallest absolute Gasteiger partial charge is 0.462 e. The van der Waals surface area contributed by atoms with Crippen molar-refractivity contribution in [2.45, 2.75) is 251 Å². The third-order valence-corrected chi connectivity index (χ3v) is 11.1. The molecule has 0 fully saturated rings. The Morgan fingerprint density at radius 2 is 0.776 bits per heavy atom. The van der Waals surface area contributed by atoms with E-state index in [9.17, 15) is 14.2 Å². The van der Waals surface area contributed by atoms with Gasteiger partial charge in [-0.25, -0.2) is 4.57 Å². The van der Waals surface area contributed by atoms with Crippen LogP contribution in [0.15, 0.2) is 36.5 Å². The second kappa shape index (κ2) is 44.8. The van der Waals surface area contributed by atoms with Crippen LogP contribution >= 0.6 is 7.82 Å². The van der Waals surface area contributed by atoms with Crippen molar-refractivity contribution in [3.63, 3.8) is 0 Å². The van der Waals surface area contributed by atoms with E-state index in [1.54, 1.807) is 0 Å². The van der Waals surface area contributed by atoms with Crippen LogP contribution < -0.4 is 0 Å². The lowest BCUT2D eigenvalue weighted by Crippen LogP contribution is -2.29. The zero-order chi connectivity index (χ0) is 42.5.